The summed E-state index contributed by atoms with van der Waals surface area (Å²) in [6, 6.07) is 2.13. The molecule has 0 bridgehead atoms. The van der Waals surface area contributed by atoms with Crippen molar-refractivity contribution < 1.29 is 17.9 Å². The summed E-state index contributed by atoms with van der Waals surface area (Å²) in [6.45, 7) is 4.00. The Morgan fingerprint density at radius 2 is 2.05 bits per heavy atom. The van der Waals surface area contributed by atoms with Crippen LogP contribution in [0.25, 0.3) is 10.9 Å². The van der Waals surface area contributed by atoms with E-state index in [2.05, 4.69) is 11.9 Å². The lowest BCUT2D eigenvalue weighted by molar-refractivity contribution is -0.136. The molecule has 0 atom stereocenters. The molecule has 0 aliphatic rings. The van der Waals surface area contributed by atoms with E-state index in [9.17, 15) is 13.2 Å². The summed E-state index contributed by atoms with van der Waals surface area (Å²) in [6.07, 6.45) is -3.15. The van der Waals surface area contributed by atoms with E-state index < -0.39 is 11.7 Å². The highest BCUT2D eigenvalue weighted by Crippen LogP contribution is 2.38. The smallest absolute Gasteiger partial charge is 0.380 e. The molecule has 0 spiro atoms. The number of rotatable bonds is 2. The van der Waals surface area contributed by atoms with Crippen molar-refractivity contribution in [2.75, 3.05) is 7.11 Å². The van der Waals surface area contributed by atoms with Crippen LogP contribution in [0.1, 0.15) is 16.7 Å². The molecule has 0 saturated heterocycles. The predicted molar refractivity (Wildman–Crippen MR) is 66.9 cm³/mol. The van der Waals surface area contributed by atoms with E-state index >= 15 is 0 Å². The van der Waals surface area contributed by atoms with Gasteiger partial charge in [-0.25, -0.2) is 0 Å². The Labute approximate surface area is 113 Å². The average Bonchev–Trinajstić information content (AvgIpc) is 2.31. The number of alkyl halides is 3. The molecule has 19 heavy (non-hydrogen) atoms. The molecule has 2 nitrogen and oxygen atoms in total. The van der Waals surface area contributed by atoms with Crippen LogP contribution in [0.3, 0.4) is 0 Å². The van der Waals surface area contributed by atoms with Crippen molar-refractivity contribution in [1.82, 2.24) is 4.98 Å². The molecule has 2 rings (SSSR count). The Balaban J connectivity index is 2.80. The molecule has 0 unspecified atom stereocenters. The summed E-state index contributed by atoms with van der Waals surface area (Å²) in [4.78, 5) is 3.86. The predicted octanol–water partition coefficient (Wildman–Crippen LogP) is 4.24. The minimum absolute atomic E-state index is 0.190. The third-order valence-corrected chi connectivity index (χ3v) is 3.09. The fourth-order valence-corrected chi connectivity index (χ4v) is 2.14. The quantitative estimate of drug-likeness (QED) is 0.825. The molecule has 0 N–H and O–H groups in total. The van der Waals surface area contributed by atoms with E-state index in [0.29, 0.717) is 11.1 Å². The zero-order chi connectivity index (χ0) is 14.2. The second kappa shape index (κ2) is 4.98. The maximum absolute atomic E-state index is 12.9. The Hall–Kier alpha value is -1.33. The maximum atomic E-state index is 12.9. The molecule has 2 aromatic rings. The molecule has 1 radical (unpaired) electrons. The topological polar surface area (TPSA) is 22.1 Å². The Morgan fingerprint density at radius 3 is 2.63 bits per heavy atom. The van der Waals surface area contributed by atoms with Gasteiger partial charge in [-0.15, -0.1) is 0 Å². The summed E-state index contributed by atoms with van der Waals surface area (Å²) >= 11 is 5.97. The minimum atomic E-state index is -4.48. The molecule has 0 aliphatic heterocycles. The summed E-state index contributed by atoms with van der Waals surface area (Å²) in [5.41, 5.74) is 0.00444. The van der Waals surface area contributed by atoms with Crippen LogP contribution < -0.4 is 0 Å². The lowest BCUT2D eigenvalue weighted by Crippen LogP contribution is -2.08. The van der Waals surface area contributed by atoms with Crippen LogP contribution >= 0.6 is 11.6 Å². The van der Waals surface area contributed by atoms with Gasteiger partial charge >= 0.3 is 6.18 Å². The van der Waals surface area contributed by atoms with Crippen LogP contribution in [0.5, 0.6) is 0 Å². The van der Waals surface area contributed by atoms with Gasteiger partial charge in [-0.3, -0.25) is 4.98 Å². The van der Waals surface area contributed by atoms with Crippen molar-refractivity contribution in [3.63, 3.8) is 0 Å². The fraction of sp³-hybridized carbons (Fsp3) is 0.231. The van der Waals surface area contributed by atoms with Gasteiger partial charge in [0.2, 0.25) is 0 Å². The number of benzene rings is 1. The maximum Gasteiger partial charge on any atom is 0.418 e. The third kappa shape index (κ3) is 2.53. The van der Waals surface area contributed by atoms with Crippen LogP contribution in [0.2, 0.25) is 5.02 Å². The average molecular weight is 289 g/mol. The van der Waals surface area contributed by atoms with Gasteiger partial charge in [-0.1, -0.05) is 11.6 Å². The highest BCUT2D eigenvalue weighted by molar-refractivity contribution is 6.35. The first kappa shape index (κ1) is 14.1. The van der Waals surface area contributed by atoms with Crippen molar-refractivity contribution in [1.29, 1.82) is 0 Å². The molecule has 6 heteroatoms. The Kier molecular flexibility index (Phi) is 3.69. The van der Waals surface area contributed by atoms with E-state index in [1.54, 1.807) is 0 Å². The third-order valence-electron chi connectivity index (χ3n) is 2.77. The highest BCUT2D eigenvalue weighted by Gasteiger charge is 2.34. The van der Waals surface area contributed by atoms with Gasteiger partial charge in [0.15, 0.2) is 0 Å². The van der Waals surface area contributed by atoms with Crippen molar-refractivity contribution >= 4 is 22.5 Å². The molecule has 1 aromatic carbocycles. The number of hydrogen-bond acceptors (Lipinski definition) is 2. The molecular weight excluding hydrogens is 279 g/mol. The number of hydrogen-bond donors (Lipinski definition) is 0. The van der Waals surface area contributed by atoms with Gasteiger partial charge in [0, 0.05) is 18.7 Å². The largest absolute Gasteiger partial charge is 0.418 e. The summed E-state index contributed by atoms with van der Waals surface area (Å²) in [5, 5.41) is 0.407. The molecular formula is C13H10ClF3NO. The molecule has 0 saturated carbocycles. The Morgan fingerprint density at radius 1 is 1.37 bits per heavy atom. The zero-order valence-corrected chi connectivity index (χ0v) is 10.8. The SMILES string of the molecule is [CH2]c1c(COC)cnc2c(C(F)(F)F)ccc(Cl)c12. The van der Waals surface area contributed by atoms with Crippen molar-refractivity contribution in [2.24, 2.45) is 0 Å². The lowest BCUT2D eigenvalue weighted by Gasteiger charge is -2.14. The second-order valence-electron chi connectivity index (χ2n) is 4.01. The number of pyridine rings is 1. The van der Waals surface area contributed by atoms with Gasteiger partial charge < -0.3 is 4.74 Å². The normalized spacial score (nSPS) is 12.1. The van der Waals surface area contributed by atoms with E-state index in [-0.39, 0.29) is 22.5 Å². The van der Waals surface area contributed by atoms with Crippen LogP contribution in [0, 0.1) is 6.92 Å². The van der Waals surface area contributed by atoms with E-state index in [0.717, 1.165) is 6.07 Å². The first-order valence-corrected chi connectivity index (χ1v) is 5.72. The summed E-state index contributed by atoms with van der Waals surface area (Å²) in [7, 11) is 1.48. The molecule has 1 heterocycles. The van der Waals surface area contributed by atoms with E-state index in [1.807, 2.05) is 0 Å². The van der Waals surface area contributed by atoms with Gasteiger partial charge in [-0.05, 0) is 30.2 Å². The number of aromatic nitrogens is 1. The van der Waals surface area contributed by atoms with Crippen LogP contribution in [0.15, 0.2) is 18.3 Å². The van der Waals surface area contributed by atoms with Crippen LogP contribution in [-0.4, -0.2) is 12.1 Å². The molecule has 101 valence electrons. The van der Waals surface area contributed by atoms with Crippen LogP contribution in [-0.2, 0) is 17.5 Å². The molecule has 1 aromatic heterocycles. The van der Waals surface area contributed by atoms with Gasteiger partial charge in [-0.2, -0.15) is 13.2 Å². The highest BCUT2D eigenvalue weighted by atomic mass is 35.5. The number of nitrogens with zero attached hydrogens (tertiary/aromatic N) is 1. The number of fused-ring (bicyclic) bond motifs is 1. The number of methoxy groups -OCH3 is 1. The standard InChI is InChI=1S/C13H10ClF3NO/c1-7-8(6-19-2)5-18-12-9(13(15,16)17)3-4-10(14)11(7)12/h3-5H,1,6H2,2H3. The minimum Gasteiger partial charge on any atom is -0.380 e. The van der Waals surface area contributed by atoms with E-state index in [4.69, 9.17) is 16.3 Å². The number of ether oxygens (including phenoxy) is 1. The molecule has 0 amide bonds. The van der Waals surface area contributed by atoms with E-state index in [1.165, 1.54) is 19.4 Å². The molecule has 0 aliphatic carbocycles. The first-order chi connectivity index (χ1) is 8.86. The Bertz CT molecular complexity index is 625. The van der Waals surface area contributed by atoms with Gasteiger partial charge in [0.1, 0.15) is 0 Å². The lowest BCUT2D eigenvalue weighted by atomic mass is 10.0. The molecule has 0 fully saturated rings. The van der Waals surface area contributed by atoms with Crippen molar-refractivity contribution in [3.8, 4) is 0 Å². The van der Waals surface area contributed by atoms with Crippen molar-refractivity contribution in [2.45, 2.75) is 12.8 Å². The van der Waals surface area contributed by atoms with Crippen molar-refractivity contribution in [3.05, 3.63) is 47.0 Å². The van der Waals surface area contributed by atoms with Crippen LogP contribution in [0.4, 0.5) is 13.2 Å². The fourth-order valence-electron chi connectivity index (χ4n) is 1.88. The van der Waals surface area contributed by atoms with Gasteiger partial charge in [0.25, 0.3) is 0 Å². The zero-order valence-electron chi connectivity index (χ0n) is 10.0. The number of halogens is 4. The van der Waals surface area contributed by atoms with Gasteiger partial charge in [0.05, 0.1) is 22.7 Å². The monoisotopic (exact) mass is 288 g/mol. The summed E-state index contributed by atoms with van der Waals surface area (Å²) < 4.78 is 43.7. The second-order valence-corrected chi connectivity index (χ2v) is 4.42. The summed E-state index contributed by atoms with van der Waals surface area (Å²) in [5.74, 6) is 0. The first-order valence-electron chi connectivity index (χ1n) is 5.34.